The maximum Gasteiger partial charge on any atom is 0.187 e. The number of anilines is 1. The van der Waals surface area contributed by atoms with Crippen LogP contribution < -0.4 is 5.73 Å². The summed E-state index contributed by atoms with van der Waals surface area (Å²) in [5.41, 5.74) is 9.15. The number of fused-ring (bicyclic) bond motifs is 1. The first-order valence-electron chi connectivity index (χ1n) is 8.70. The molecule has 7 heteroatoms. The molecule has 2 N–H and O–H groups in total. The predicted molar refractivity (Wildman–Crippen MR) is 103 cm³/mol. The Labute approximate surface area is 152 Å². The van der Waals surface area contributed by atoms with Crippen molar-refractivity contribution in [1.29, 1.82) is 0 Å². The fourth-order valence-electron chi connectivity index (χ4n) is 2.92. The molecule has 0 saturated carbocycles. The third-order valence-corrected chi connectivity index (χ3v) is 5.04. The van der Waals surface area contributed by atoms with Gasteiger partial charge in [0.15, 0.2) is 11.0 Å². The zero-order valence-electron chi connectivity index (χ0n) is 14.8. The Morgan fingerprint density at radius 3 is 2.72 bits per heavy atom. The lowest BCUT2D eigenvalue weighted by molar-refractivity contribution is 0.613. The molecular weight excluding hydrogens is 332 g/mol. The van der Waals surface area contributed by atoms with Gasteiger partial charge in [-0.15, -0.1) is 0 Å². The minimum atomic E-state index is 0.522. The minimum absolute atomic E-state index is 0.522. The first-order valence-corrected chi connectivity index (χ1v) is 9.69. The number of rotatable bonds is 8. The molecule has 6 nitrogen and oxygen atoms in total. The van der Waals surface area contributed by atoms with E-state index in [2.05, 4.69) is 33.4 Å². The van der Waals surface area contributed by atoms with Crippen LogP contribution in [0.25, 0.3) is 11.0 Å². The van der Waals surface area contributed by atoms with Crippen molar-refractivity contribution in [1.82, 2.24) is 24.5 Å². The Hall–Kier alpha value is -2.15. The van der Waals surface area contributed by atoms with Gasteiger partial charge in [-0.05, 0) is 37.8 Å². The Bertz CT molecular complexity index is 830. The molecule has 0 fully saturated rings. The molecule has 3 heterocycles. The molecule has 0 bridgehead atoms. The molecule has 0 aromatic carbocycles. The molecule has 0 spiro atoms. The van der Waals surface area contributed by atoms with Crippen molar-refractivity contribution >= 4 is 28.6 Å². The highest BCUT2D eigenvalue weighted by Crippen LogP contribution is 2.25. The van der Waals surface area contributed by atoms with Gasteiger partial charge in [-0.2, -0.15) is 0 Å². The standard InChI is InChI=1S/C18H24N6S/c1-3-7-14-23-15-16(13(2)12-22-17(15)19)24(14)10-4-5-11-25-18-20-8-6-9-21-18/h6,8-9,12H,3-5,7,10-11H2,1-2H3,(H2,19,22). The number of unbranched alkanes of at least 4 members (excludes halogenated alkanes) is 1. The van der Waals surface area contributed by atoms with E-state index in [1.54, 1.807) is 24.2 Å². The molecule has 0 aliphatic rings. The van der Waals surface area contributed by atoms with Crippen LogP contribution in [-0.4, -0.2) is 30.3 Å². The fourth-order valence-corrected chi connectivity index (χ4v) is 3.72. The van der Waals surface area contributed by atoms with Gasteiger partial charge in [0.25, 0.3) is 0 Å². The lowest BCUT2D eigenvalue weighted by Gasteiger charge is -2.10. The predicted octanol–water partition coefficient (Wildman–Crippen LogP) is 3.64. The topological polar surface area (TPSA) is 82.5 Å². The van der Waals surface area contributed by atoms with Crippen LogP contribution in [0.1, 0.15) is 37.6 Å². The second-order valence-corrected chi connectivity index (χ2v) is 7.10. The van der Waals surface area contributed by atoms with Crippen molar-refractivity contribution in [2.75, 3.05) is 11.5 Å². The Kier molecular flexibility index (Phi) is 5.86. The lowest BCUT2D eigenvalue weighted by Crippen LogP contribution is -2.05. The van der Waals surface area contributed by atoms with Gasteiger partial charge in [0.2, 0.25) is 0 Å². The summed E-state index contributed by atoms with van der Waals surface area (Å²) in [7, 11) is 0. The fraction of sp³-hybridized carbons (Fsp3) is 0.444. The second kappa shape index (κ2) is 8.29. The summed E-state index contributed by atoms with van der Waals surface area (Å²) >= 11 is 1.70. The van der Waals surface area contributed by atoms with E-state index in [0.29, 0.717) is 5.82 Å². The number of hydrogen-bond donors (Lipinski definition) is 1. The highest BCUT2D eigenvalue weighted by Gasteiger charge is 2.14. The summed E-state index contributed by atoms with van der Waals surface area (Å²) in [4.78, 5) is 17.5. The number of hydrogen-bond acceptors (Lipinski definition) is 6. The molecular formula is C18H24N6S. The minimum Gasteiger partial charge on any atom is -0.382 e. The van der Waals surface area contributed by atoms with E-state index in [1.165, 1.54) is 0 Å². The first kappa shape index (κ1) is 17.7. The number of nitrogens with two attached hydrogens (primary N) is 1. The number of aryl methyl sites for hydroxylation is 3. The Morgan fingerprint density at radius 1 is 1.16 bits per heavy atom. The quantitative estimate of drug-likeness (QED) is 0.377. The van der Waals surface area contributed by atoms with Gasteiger partial charge in [0.05, 0.1) is 5.52 Å². The van der Waals surface area contributed by atoms with Crippen molar-refractivity contribution in [2.45, 2.75) is 51.2 Å². The number of thioether (sulfide) groups is 1. The number of imidazole rings is 1. The molecule has 0 amide bonds. The molecule has 132 valence electrons. The van der Waals surface area contributed by atoms with Crippen LogP contribution in [0.4, 0.5) is 5.82 Å². The second-order valence-electron chi connectivity index (χ2n) is 6.04. The molecule has 0 saturated heterocycles. The maximum atomic E-state index is 6.04. The Morgan fingerprint density at radius 2 is 1.96 bits per heavy atom. The van der Waals surface area contributed by atoms with E-state index < -0.39 is 0 Å². The van der Waals surface area contributed by atoms with E-state index in [1.807, 2.05) is 12.3 Å². The zero-order valence-corrected chi connectivity index (χ0v) is 15.6. The summed E-state index contributed by atoms with van der Waals surface area (Å²) in [5.74, 6) is 2.65. The van der Waals surface area contributed by atoms with Gasteiger partial charge >= 0.3 is 0 Å². The summed E-state index contributed by atoms with van der Waals surface area (Å²) in [5, 5.41) is 0.844. The van der Waals surface area contributed by atoms with Gasteiger partial charge in [0, 0.05) is 37.3 Å². The van der Waals surface area contributed by atoms with Crippen molar-refractivity contribution in [3.05, 3.63) is 36.0 Å². The molecule has 0 unspecified atom stereocenters. The van der Waals surface area contributed by atoms with Gasteiger partial charge in [-0.1, -0.05) is 18.7 Å². The van der Waals surface area contributed by atoms with Crippen LogP contribution in [0.3, 0.4) is 0 Å². The summed E-state index contributed by atoms with van der Waals surface area (Å²) < 4.78 is 2.33. The molecule has 3 aromatic heterocycles. The lowest BCUT2D eigenvalue weighted by atomic mass is 10.2. The van der Waals surface area contributed by atoms with Crippen LogP contribution in [-0.2, 0) is 13.0 Å². The van der Waals surface area contributed by atoms with E-state index in [-0.39, 0.29) is 0 Å². The average molecular weight is 356 g/mol. The summed E-state index contributed by atoms with van der Waals surface area (Å²) in [6, 6.07) is 1.84. The van der Waals surface area contributed by atoms with Gasteiger partial charge in [-0.3, -0.25) is 0 Å². The Balaban J connectivity index is 1.67. The number of nitrogen functional groups attached to an aromatic ring is 1. The smallest absolute Gasteiger partial charge is 0.187 e. The third-order valence-electron chi connectivity index (χ3n) is 4.08. The zero-order chi connectivity index (χ0) is 17.6. The molecule has 0 atom stereocenters. The van der Waals surface area contributed by atoms with Crippen LogP contribution in [0.5, 0.6) is 0 Å². The van der Waals surface area contributed by atoms with Crippen molar-refractivity contribution in [3.8, 4) is 0 Å². The number of pyridine rings is 1. The van der Waals surface area contributed by atoms with E-state index >= 15 is 0 Å². The first-order chi connectivity index (χ1) is 12.2. The molecule has 0 radical (unpaired) electrons. The van der Waals surface area contributed by atoms with Crippen LogP contribution >= 0.6 is 11.8 Å². The van der Waals surface area contributed by atoms with Crippen molar-refractivity contribution in [3.63, 3.8) is 0 Å². The molecule has 25 heavy (non-hydrogen) atoms. The summed E-state index contributed by atoms with van der Waals surface area (Å²) in [6.07, 6.45) is 9.62. The highest BCUT2D eigenvalue weighted by atomic mass is 32.2. The van der Waals surface area contributed by atoms with Crippen LogP contribution in [0.15, 0.2) is 29.8 Å². The molecule has 3 rings (SSSR count). The van der Waals surface area contributed by atoms with Crippen LogP contribution in [0.2, 0.25) is 0 Å². The van der Waals surface area contributed by atoms with Gasteiger partial charge in [0.1, 0.15) is 11.3 Å². The SMILES string of the molecule is CCCc1nc2c(N)ncc(C)c2n1CCCCSc1ncccn1. The van der Waals surface area contributed by atoms with E-state index in [4.69, 9.17) is 10.7 Å². The van der Waals surface area contributed by atoms with Crippen molar-refractivity contribution < 1.29 is 0 Å². The van der Waals surface area contributed by atoms with E-state index in [0.717, 1.165) is 65.6 Å². The maximum absolute atomic E-state index is 6.04. The van der Waals surface area contributed by atoms with Gasteiger partial charge in [-0.25, -0.2) is 19.9 Å². The van der Waals surface area contributed by atoms with Gasteiger partial charge < -0.3 is 10.3 Å². The van der Waals surface area contributed by atoms with E-state index in [9.17, 15) is 0 Å². The largest absolute Gasteiger partial charge is 0.382 e. The normalized spacial score (nSPS) is 11.3. The summed E-state index contributed by atoms with van der Waals surface area (Å²) in [6.45, 7) is 5.20. The average Bonchev–Trinajstić information content (AvgIpc) is 2.99. The van der Waals surface area contributed by atoms with Crippen molar-refractivity contribution in [2.24, 2.45) is 0 Å². The number of nitrogens with zero attached hydrogens (tertiary/aromatic N) is 5. The number of aromatic nitrogens is 5. The monoisotopic (exact) mass is 356 g/mol. The highest BCUT2D eigenvalue weighted by molar-refractivity contribution is 7.99. The molecule has 0 aliphatic carbocycles. The molecule has 3 aromatic rings. The molecule has 0 aliphatic heterocycles. The van der Waals surface area contributed by atoms with Crippen LogP contribution in [0, 0.1) is 6.92 Å². The third kappa shape index (κ3) is 4.10.